The lowest BCUT2D eigenvalue weighted by atomic mass is 9.70. The van der Waals surface area contributed by atoms with Crippen molar-refractivity contribution in [1.82, 2.24) is 0 Å². The third-order valence-electron chi connectivity index (χ3n) is 7.42. The van der Waals surface area contributed by atoms with Crippen molar-refractivity contribution in [3.8, 4) is 16.9 Å². The van der Waals surface area contributed by atoms with Gasteiger partial charge in [0.1, 0.15) is 17.4 Å². The van der Waals surface area contributed by atoms with Crippen molar-refractivity contribution in [3.05, 3.63) is 77.4 Å². The first kappa shape index (κ1) is 25.2. The largest absolute Gasteiger partial charge is 0.482 e. The number of anilines is 1. The predicted octanol–water partition coefficient (Wildman–Crippen LogP) is 5.81. The van der Waals surface area contributed by atoms with Gasteiger partial charge in [0.15, 0.2) is 6.61 Å². The third kappa shape index (κ3) is 4.56. The van der Waals surface area contributed by atoms with Crippen LogP contribution in [0.5, 0.6) is 5.75 Å². The van der Waals surface area contributed by atoms with E-state index in [2.05, 4.69) is 0 Å². The normalized spacial score (nSPS) is 16.6. The van der Waals surface area contributed by atoms with Gasteiger partial charge in [-0.05, 0) is 85.0 Å². The SMILES string of the molecule is Cc1cc(S(=O)(=O)N2CC3(CCCCC3)c3cc(-c4cc(F)ccc4F)ccc32)ccc1OCC(=O)O. The average Bonchev–Trinajstić information content (AvgIpc) is 3.18. The highest BCUT2D eigenvalue weighted by Crippen LogP contribution is 2.52. The van der Waals surface area contributed by atoms with Gasteiger partial charge in [-0.3, -0.25) is 4.31 Å². The van der Waals surface area contributed by atoms with Crippen LogP contribution in [0.3, 0.4) is 0 Å². The highest BCUT2D eigenvalue weighted by Gasteiger charge is 2.47. The number of halogens is 2. The summed E-state index contributed by atoms with van der Waals surface area (Å²) in [6.45, 7) is 1.41. The van der Waals surface area contributed by atoms with Crippen LogP contribution in [0.4, 0.5) is 14.5 Å². The van der Waals surface area contributed by atoms with Crippen LogP contribution in [-0.2, 0) is 20.2 Å². The number of nitrogens with zero attached hydrogens (tertiary/aromatic N) is 1. The molecule has 6 nitrogen and oxygen atoms in total. The molecule has 194 valence electrons. The van der Waals surface area contributed by atoms with Gasteiger partial charge in [0.05, 0.1) is 10.6 Å². The van der Waals surface area contributed by atoms with E-state index in [9.17, 15) is 22.0 Å². The number of carbonyl (C=O) groups is 1. The van der Waals surface area contributed by atoms with Crippen LogP contribution in [-0.4, -0.2) is 32.6 Å². The Morgan fingerprint density at radius 3 is 2.49 bits per heavy atom. The van der Waals surface area contributed by atoms with Crippen molar-refractivity contribution < 1.29 is 31.8 Å². The molecule has 5 rings (SSSR count). The highest BCUT2D eigenvalue weighted by molar-refractivity contribution is 7.92. The maximum absolute atomic E-state index is 14.6. The van der Waals surface area contributed by atoms with Crippen molar-refractivity contribution in [2.75, 3.05) is 17.5 Å². The fourth-order valence-electron chi connectivity index (χ4n) is 5.59. The topological polar surface area (TPSA) is 83.9 Å². The molecule has 1 N–H and O–H groups in total. The predicted molar refractivity (Wildman–Crippen MR) is 135 cm³/mol. The van der Waals surface area contributed by atoms with Crippen molar-refractivity contribution in [3.63, 3.8) is 0 Å². The van der Waals surface area contributed by atoms with E-state index in [0.29, 0.717) is 22.6 Å². The number of carboxylic acid groups (broad SMARTS) is 1. The second kappa shape index (κ2) is 9.45. The van der Waals surface area contributed by atoms with E-state index in [1.54, 1.807) is 19.1 Å². The number of benzene rings is 3. The Kier molecular flexibility index (Phi) is 6.43. The minimum absolute atomic E-state index is 0.0757. The molecule has 0 radical (unpaired) electrons. The molecular formula is C28H27F2NO5S. The fraction of sp³-hybridized carbons (Fsp3) is 0.321. The van der Waals surface area contributed by atoms with E-state index in [1.165, 1.54) is 22.5 Å². The second-order valence-corrected chi connectivity index (χ2v) is 11.7. The van der Waals surface area contributed by atoms with Gasteiger partial charge in [-0.1, -0.05) is 25.3 Å². The summed E-state index contributed by atoms with van der Waals surface area (Å²) < 4.78 is 62.9. The first-order chi connectivity index (χ1) is 17.6. The van der Waals surface area contributed by atoms with Gasteiger partial charge in [0.2, 0.25) is 0 Å². The Labute approximate surface area is 214 Å². The van der Waals surface area contributed by atoms with Crippen molar-refractivity contribution in [2.45, 2.75) is 49.3 Å². The number of sulfonamides is 1. The Morgan fingerprint density at radius 2 is 1.78 bits per heavy atom. The Morgan fingerprint density at radius 1 is 1.03 bits per heavy atom. The molecule has 0 saturated heterocycles. The molecule has 0 amide bonds. The highest BCUT2D eigenvalue weighted by atomic mass is 32.2. The first-order valence-electron chi connectivity index (χ1n) is 12.2. The molecule has 0 bridgehead atoms. The number of hydrogen-bond acceptors (Lipinski definition) is 4. The number of hydrogen-bond donors (Lipinski definition) is 1. The van der Waals surface area contributed by atoms with Crippen LogP contribution < -0.4 is 9.04 Å². The smallest absolute Gasteiger partial charge is 0.341 e. The van der Waals surface area contributed by atoms with Crippen LogP contribution in [0.25, 0.3) is 11.1 Å². The Hall–Kier alpha value is -3.46. The van der Waals surface area contributed by atoms with E-state index < -0.39 is 39.6 Å². The minimum atomic E-state index is -3.96. The van der Waals surface area contributed by atoms with Crippen LogP contribution >= 0.6 is 0 Å². The number of rotatable bonds is 6. The number of carboxylic acids is 1. The van der Waals surface area contributed by atoms with Gasteiger partial charge in [-0.25, -0.2) is 22.0 Å². The number of fused-ring (bicyclic) bond motifs is 2. The van der Waals surface area contributed by atoms with Gasteiger partial charge in [0.25, 0.3) is 10.0 Å². The summed E-state index contributed by atoms with van der Waals surface area (Å²) in [5.41, 5.74) is 2.14. The number of aliphatic carboxylic acids is 1. The van der Waals surface area contributed by atoms with Gasteiger partial charge in [0, 0.05) is 17.5 Å². The van der Waals surface area contributed by atoms with E-state index in [0.717, 1.165) is 55.9 Å². The minimum Gasteiger partial charge on any atom is -0.482 e. The van der Waals surface area contributed by atoms with E-state index in [-0.39, 0.29) is 17.0 Å². The Bertz CT molecular complexity index is 1480. The van der Waals surface area contributed by atoms with Gasteiger partial charge in [-0.15, -0.1) is 0 Å². The van der Waals surface area contributed by atoms with Crippen LogP contribution in [0, 0.1) is 18.6 Å². The summed E-state index contributed by atoms with van der Waals surface area (Å²) in [6, 6.07) is 12.8. The standard InChI is InChI=1S/C28H27F2NO5S/c1-18-13-21(7-10-26(18)36-16-27(32)33)37(34,35)31-17-28(11-3-2-4-12-28)23-14-19(5-9-25(23)31)22-15-20(29)6-8-24(22)30/h5-10,13-15H,2-4,11-12,16-17H2,1H3,(H,32,33). The lowest BCUT2D eigenvalue weighted by molar-refractivity contribution is -0.139. The van der Waals surface area contributed by atoms with Crippen LogP contribution in [0.15, 0.2) is 59.5 Å². The summed E-state index contributed by atoms with van der Waals surface area (Å²) in [5, 5.41) is 8.86. The van der Waals surface area contributed by atoms with E-state index in [4.69, 9.17) is 9.84 Å². The average molecular weight is 528 g/mol. The fourth-order valence-corrected chi connectivity index (χ4v) is 7.25. The molecule has 9 heteroatoms. The van der Waals surface area contributed by atoms with Crippen LogP contribution in [0.1, 0.15) is 43.2 Å². The van der Waals surface area contributed by atoms with Gasteiger partial charge in [-0.2, -0.15) is 0 Å². The molecule has 1 aliphatic carbocycles. The Balaban J connectivity index is 1.57. The summed E-state index contributed by atoms with van der Waals surface area (Å²) >= 11 is 0. The summed E-state index contributed by atoms with van der Waals surface area (Å²) in [4.78, 5) is 10.9. The number of ether oxygens (including phenoxy) is 1. The third-order valence-corrected chi connectivity index (χ3v) is 9.17. The maximum Gasteiger partial charge on any atom is 0.341 e. The zero-order valence-electron chi connectivity index (χ0n) is 20.3. The van der Waals surface area contributed by atoms with Gasteiger partial charge >= 0.3 is 5.97 Å². The van der Waals surface area contributed by atoms with E-state index in [1.807, 2.05) is 6.07 Å². The lowest BCUT2D eigenvalue weighted by Gasteiger charge is -2.34. The molecule has 37 heavy (non-hydrogen) atoms. The molecule has 0 atom stereocenters. The molecule has 0 unspecified atom stereocenters. The number of aryl methyl sites for hydroxylation is 1. The monoisotopic (exact) mass is 527 g/mol. The molecule has 1 heterocycles. The van der Waals surface area contributed by atoms with Crippen molar-refractivity contribution in [2.24, 2.45) is 0 Å². The molecular weight excluding hydrogens is 500 g/mol. The van der Waals surface area contributed by atoms with Crippen molar-refractivity contribution >= 4 is 21.7 Å². The summed E-state index contributed by atoms with van der Waals surface area (Å²) in [7, 11) is -3.96. The lowest BCUT2D eigenvalue weighted by Crippen LogP contribution is -2.38. The first-order valence-corrected chi connectivity index (χ1v) is 13.6. The second-order valence-electron chi connectivity index (χ2n) is 9.82. The quantitative estimate of drug-likeness (QED) is 0.437. The molecule has 2 aliphatic rings. The maximum atomic E-state index is 14.6. The summed E-state index contributed by atoms with van der Waals surface area (Å²) in [5.74, 6) is -1.91. The zero-order chi connectivity index (χ0) is 26.4. The molecule has 0 aromatic heterocycles. The molecule has 1 aliphatic heterocycles. The zero-order valence-corrected chi connectivity index (χ0v) is 21.2. The molecule has 3 aromatic rings. The van der Waals surface area contributed by atoms with Crippen molar-refractivity contribution in [1.29, 1.82) is 0 Å². The van der Waals surface area contributed by atoms with E-state index >= 15 is 0 Å². The molecule has 1 saturated carbocycles. The molecule has 1 fully saturated rings. The molecule has 3 aromatic carbocycles. The van der Waals surface area contributed by atoms with Gasteiger partial charge < -0.3 is 9.84 Å². The molecule has 1 spiro atoms. The summed E-state index contributed by atoms with van der Waals surface area (Å²) in [6.07, 6.45) is 4.60. The van der Waals surface area contributed by atoms with Crippen LogP contribution in [0.2, 0.25) is 0 Å².